The normalized spacial score (nSPS) is 15.0. The summed E-state index contributed by atoms with van der Waals surface area (Å²) in [5.41, 5.74) is 5.93. The first-order chi connectivity index (χ1) is 17.1. The van der Waals surface area contributed by atoms with E-state index in [0.717, 1.165) is 63.8 Å². The van der Waals surface area contributed by atoms with Crippen LogP contribution in [0.1, 0.15) is 54.2 Å². The van der Waals surface area contributed by atoms with Gasteiger partial charge in [0.1, 0.15) is 17.1 Å². The van der Waals surface area contributed by atoms with Crippen molar-refractivity contribution in [2.45, 2.75) is 44.9 Å². The molecule has 2 aromatic carbocycles. The molecule has 35 heavy (non-hydrogen) atoms. The van der Waals surface area contributed by atoms with Crippen molar-refractivity contribution in [2.24, 2.45) is 0 Å². The molecule has 0 saturated heterocycles. The van der Waals surface area contributed by atoms with Crippen LogP contribution in [0.25, 0.3) is 16.9 Å². The lowest BCUT2D eigenvalue weighted by atomic mass is 10.0. The maximum Gasteiger partial charge on any atom is 0.182 e. The van der Waals surface area contributed by atoms with E-state index in [9.17, 15) is 0 Å². The van der Waals surface area contributed by atoms with E-state index in [1.165, 1.54) is 12.8 Å². The number of ether oxygens (including phenoxy) is 3. The molecule has 4 aromatic rings. The summed E-state index contributed by atoms with van der Waals surface area (Å²) in [6.45, 7) is 2.07. The summed E-state index contributed by atoms with van der Waals surface area (Å²) in [6.07, 6.45) is 5.38. The van der Waals surface area contributed by atoms with Crippen LogP contribution in [0.4, 0.5) is 11.5 Å². The average Bonchev–Trinajstić information content (AvgIpc) is 3.51. The van der Waals surface area contributed by atoms with E-state index >= 15 is 0 Å². The molecule has 3 heterocycles. The molecule has 1 N–H and O–H groups in total. The number of imidazole rings is 1. The quantitative estimate of drug-likeness (QED) is 0.366. The molecule has 2 bridgehead atoms. The monoisotopic (exact) mass is 471 g/mol. The summed E-state index contributed by atoms with van der Waals surface area (Å²) in [6, 6.07) is 9.98. The lowest BCUT2D eigenvalue weighted by molar-refractivity contribution is 0.355. The molecule has 6 rings (SSSR count). The number of nitrogens with one attached hydrogen (secondary N) is 1. The summed E-state index contributed by atoms with van der Waals surface area (Å²) in [5.74, 6) is 4.99. The molecule has 0 amide bonds. The van der Waals surface area contributed by atoms with Crippen LogP contribution in [0.3, 0.4) is 0 Å². The fraction of sp³-hybridized carbons (Fsp3) is 0.370. The molecule has 1 aliphatic carbocycles. The van der Waals surface area contributed by atoms with Crippen molar-refractivity contribution in [3.8, 4) is 28.6 Å². The van der Waals surface area contributed by atoms with E-state index in [1.54, 1.807) is 21.3 Å². The van der Waals surface area contributed by atoms with E-state index in [2.05, 4.69) is 24.4 Å². The van der Waals surface area contributed by atoms with Crippen LogP contribution in [0, 0.1) is 6.92 Å². The highest BCUT2D eigenvalue weighted by molar-refractivity contribution is 5.80. The Morgan fingerprint density at radius 3 is 2.49 bits per heavy atom. The minimum Gasteiger partial charge on any atom is -0.496 e. The zero-order chi connectivity index (χ0) is 24.1. The Morgan fingerprint density at radius 1 is 0.943 bits per heavy atom. The third-order valence-corrected chi connectivity index (χ3v) is 7.13. The van der Waals surface area contributed by atoms with Gasteiger partial charge >= 0.3 is 0 Å². The Balaban J connectivity index is 1.58. The maximum absolute atomic E-state index is 5.74. The van der Waals surface area contributed by atoms with Gasteiger partial charge in [0.05, 0.1) is 27.0 Å². The lowest BCUT2D eigenvalue weighted by Crippen LogP contribution is -2.10. The van der Waals surface area contributed by atoms with Gasteiger partial charge in [0.25, 0.3) is 0 Å². The predicted octanol–water partition coefficient (Wildman–Crippen LogP) is 5.43. The molecule has 0 spiro atoms. The zero-order valence-electron chi connectivity index (χ0n) is 20.5. The van der Waals surface area contributed by atoms with E-state index in [4.69, 9.17) is 29.3 Å². The minimum atomic E-state index is 0.393. The highest BCUT2D eigenvalue weighted by Crippen LogP contribution is 2.40. The van der Waals surface area contributed by atoms with Crippen LogP contribution in [-0.2, 0) is 6.42 Å². The Kier molecular flexibility index (Phi) is 5.24. The predicted molar refractivity (Wildman–Crippen MR) is 134 cm³/mol. The largest absolute Gasteiger partial charge is 0.496 e. The number of fused-ring (bicyclic) bond motifs is 2. The van der Waals surface area contributed by atoms with Gasteiger partial charge < -0.3 is 19.5 Å². The van der Waals surface area contributed by atoms with Crippen LogP contribution in [0.15, 0.2) is 30.3 Å². The molecule has 1 fully saturated rings. The maximum atomic E-state index is 5.74. The summed E-state index contributed by atoms with van der Waals surface area (Å²) in [4.78, 5) is 10.2. The minimum absolute atomic E-state index is 0.393. The fourth-order valence-corrected chi connectivity index (χ4v) is 5.51. The van der Waals surface area contributed by atoms with Crippen molar-refractivity contribution in [3.05, 3.63) is 53.0 Å². The van der Waals surface area contributed by atoms with Gasteiger partial charge in [-0.1, -0.05) is 12.8 Å². The molecule has 0 radical (unpaired) electrons. The van der Waals surface area contributed by atoms with E-state index in [-0.39, 0.29) is 0 Å². The number of hydrogen-bond donors (Lipinski definition) is 1. The van der Waals surface area contributed by atoms with Crippen molar-refractivity contribution in [3.63, 3.8) is 0 Å². The standard InChI is InChI=1S/C27H29N5O3/c1-15-11-19-12-18(24(15)35-4)13-20-23-26(28-19)30-25(17-9-10-21(33-2)22(14-17)34-3)31-32(23)27(29-20)16-7-5-6-8-16/h9-12,14,16H,5-8,13H2,1-4H3,(H,28,30,31). The average molecular weight is 472 g/mol. The van der Waals surface area contributed by atoms with Gasteiger partial charge in [-0.15, -0.1) is 5.10 Å². The van der Waals surface area contributed by atoms with Gasteiger partial charge in [-0.2, -0.15) is 0 Å². The molecule has 180 valence electrons. The smallest absolute Gasteiger partial charge is 0.182 e. The Morgan fingerprint density at radius 2 is 1.74 bits per heavy atom. The highest BCUT2D eigenvalue weighted by atomic mass is 16.5. The first-order valence-corrected chi connectivity index (χ1v) is 12.1. The van der Waals surface area contributed by atoms with Crippen molar-refractivity contribution < 1.29 is 14.2 Å². The molecule has 2 aromatic heterocycles. The summed E-state index contributed by atoms with van der Waals surface area (Å²) in [5, 5.41) is 8.59. The highest BCUT2D eigenvalue weighted by Gasteiger charge is 2.28. The number of hydrogen-bond acceptors (Lipinski definition) is 7. The fourth-order valence-electron chi connectivity index (χ4n) is 5.51. The summed E-state index contributed by atoms with van der Waals surface area (Å²) in [7, 11) is 4.99. The number of benzene rings is 2. The zero-order valence-corrected chi connectivity index (χ0v) is 20.5. The van der Waals surface area contributed by atoms with Crippen molar-refractivity contribution in [1.29, 1.82) is 0 Å². The Labute approximate surface area is 204 Å². The molecule has 8 nitrogen and oxygen atoms in total. The third kappa shape index (κ3) is 3.55. The van der Waals surface area contributed by atoms with Gasteiger partial charge in [0, 0.05) is 29.2 Å². The summed E-state index contributed by atoms with van der Waals surface area (Å²) >= 11 is 0. The van der Waals surface area contributed by atoms with Gasteiger partial charge in [0.15, 0.2) is 23.1 Å². The molecule has 1 aliphatic heterocycles. The Bertz CT molecular complexity index is 1440. The van der Waals surface area contributed by atoms with Gasteiger partial charge in [-0.3, -0.25) is 0 Å². The van der Waals surface area contributed by atoms with Crippen LogP contribution in [-0.4, -0.2) is 40.9 Å². The number of methoxy groups -OCH3 is 3. The first-order valence-electron chi connectivity index (χ1n) is 12.1. The van der Waals surface area contributed by atoms with Crippen LogP contribution >= 0.6 is 0 Å². The van der Waals surface area contributed by atoms with Crippen molar-refractivity contribution in [2.75, 3.05) is 26.6 Å². The van der Waals surface area contributed by atoms with Crippen LogP contribution in [0.5, 0.6) is 17.2 Å². The van der Waals surface area contributed by atoms with Crippen molar-refractivity contribution in [1.82, 2.24) is 19.6 Å². The van der Waals surface area contributed by atoms with E-state index in [1.807, 2.05) is 22.7 Å². The molecule has 8 heteroatoms. The lowest BCUT2D eigenvalue weighted by Gasteiger charge is -2.18. The molecule has 2 aliphatic rings. The molecule has 1 saturated carbocycles. The first kappa shape index (κ1) is 21.7. The number of anilines is 2. The second-order valence-electron chi connectivity index (χ2n) is 9.30. The second kappa shape index (κ2) is 8.45. The second-order valence-corrected chi connectivity index (χ2v) is 9.30. The molecule has 0 unspecified atom stereocenters. The van der Waals surface area contributed by atoms with Crippen molar-refractivity contribution >= 4 is 17.0 Å². The van der Waals surface area contributed by atoms with Gasteiger partial charge in [-0.25, -0.2) is 14.5 Å². The number of rotatable bonds is 5. The molecular formula is C27H29N5O3. The van der Waals surface area contributed by atoms with Crippen LogP contribution in [0.2, 0.25) is 0 Å². The Hall–Kier alpha value is -3.81. The van der Waals surface area contributed by atoms with Crippen LogP contribution < -0.4 is 19.5 Å². The molecule has 0 atom stereocenters. The topological polar surface area (TPSA) is 82.8 Å². The van der Waals surface area contributed by atoms with Gasteiger partial charge in [0.2, 0.25) is 0 Å². The number of nitrogens with zero attached hydrogens (tertiary/aromatic N) is 4. The molecular weight excluding hydrogens is 442 g/mol. The number of aryl methyl sites for hydroxylation is 1. The van der Waals surface area contributed by atoms with Gasteiger partial charge in [-0.05, 0) is 55.7 Å². The number of aromatic nitrogens is 4. The SMILES string of the molecule is COc1ccc(-c2nc3c4c(nc(C5CCCC5)n4n2)Cc2cc(cc(C)c2OC)N3)cc1OC. The van der Waals surface area contributed by atoms with E-state index < -0.39 is 0 Å². The summed E-state index contributed by atoms with van der Waals surface area (Å²) < 4.78 is 18.7. The third-order valence-electron chi connectivity index (χ3n) is 7.13. The van der Waals surface area contributed by atoms with E-state index in [0.29, 0.717) is 29.7 Å².